The maximum absolute atomic E-state index is 12.6. The number of aromatic nitrogens is 2. The van der Waals surface area contributed by atoms with Crippen LogP contribution in [0.2, 0.25) is 0 Å². The van der Waals surface area contributed by atoms with Crippen LogP contribution in [0.25, 0.3) is 0 Å². The molecule has 0 saturated heterocycles. The highest BCUT2D eigenvalue weighted by atomic mass is 16.1. The second-order valence-electron chi connectivity index (χ2n) is 8.21. The van der Waals surface area contributed by atoms with Crippen molar-refractivity contribution in [2.75, 3.05) is 0 Å². The van der Waals surface area contributed by atoms with Crippen molar-refractivity contribution in [1.29, 1.82) is 0 Å². The van der Waals surface area contributed by atoms with Crippen LogP contribution in [0.15, 0.2) is 6.07 Å². The van der Waals surface area contributed by atoms with Gasteiger partial charge in [0.2, 0.25) is 0 Å². The quantitative estimate of drug-likeness (QED) is 0.849. The minimum Gasteiger partial charge on any atom is -0.299 e. The summed E-state index contributed by atoms with van der Waals surface area (Å²) in [5, 5.41) is 4.36. The number of hydrogen-bond acceptors (Lipinski definition) is 2. The maximum atomic E-state index is 12.6. The van der Waals surface area contributed by atoms with E-state index < -0.39 is 0 Å². The zero-order valence-corrected chi connectivity index (χ0v) is 13.3. The van der Waals surface area contributed by atoms with Crippen molar-refractivity contribution in [3.8, 4) is 0 Å². The lowest BCUT2D eigenvalue weighted by molar-refractivity contribution is -0.126. The number of carbonyl (C=O) groups excluding carboxylic acids is 1. The highest BCUT2D eigenvalue weighted by Gasteiger charge is 2.51. The Kier molecular flexibility index (Phi) is 3.02. The zero-order chi connectivity index (χ0) is 14.6. The van der Waals surface area contributed by atoms with Crippen LogP contribution in [-0.4, -0.2) is 15.6 Å². The maximum Gasteiger partial charge on any atom is 0.139 e. The van der Waals surface area contributed by atoms with E-state index >= 15 is 0 Å². The van der Waals surface area contributed by atoms with Crippen molar-refractivity contribution in [1.82, 2.24) is 9.78 Å². The van der Waals surface area contributed by atoms with Gasteiger partial charge in [0, 0.05) is 25.6 Å². The molecular formula is C18H26N2O. The summed E-state index contributed by atoms with van der Waals surface area (Å²) in [4.78, 5) is 12.6. The first-order valence-corrected chi connectivity index (χ1v) is 8.53. The molecule has 0 aliphatic heterocycles. The number of hydrogen-bond donors (Lipinski definition) is 0. The lowest BCUT2D eigenvalue weighted by Crippen LogP contribution is -2.47. The molecule has 114 valence electrons. The van der Waals surface area contributed by atoms with Crippen molar-refractivity contribution in [2.45, 2.75) is 58.3 Å². The molecule has 0 spiro atoms. The smallest absolute Gasteiger partial charge is 0.139 e. The number of nitrogens with zero attached hydrogens (tertiary/aromatic N) is 2. The van der Waals surface area contributed by atoms with E-state index in [1.807, 2.05) is 18.7 Å². The van der Waals surface area contributed by atoms with Crippen molar-refractivity contribution in [2.24, 2.45) is 30.2 Å². The Bertz CT molecular complexity index is 536. The summed E-state index contributed by atoms with van der Waals surface area (Å²) in [5.41, 5.74) is 2.46. The summed E-state index contributed by atoms with van der Waals surface area (Å²) in [5.74, 6) is 3.23. The van der Waals surface area contributed by atoms with Crippen LogP contribution in [0.1, 0.15) is 56.3 Å². The number of ketones is 1. The van der Waals surface area contributed by atoms with Gasteiger partial charge >= 0.3 is 0 Å². The average molecular weight is 286 g/mol. The van der Waals surface area contributed by atoms with Gasteiger partial charge in [-0.1, -0.05) is 0 Å². The SMILES string of the molecule is Cc1cc(CC(=O)CC23CC4CC(CC(C4)C2)C3)n(C)n1. The van der Waals surface area contributed by atoms with Gasteiger partial charge in [0.25, 0.3) is 0 Å². The summed E-state index contributed by atoms with van der Waals surface area (Å²) in [6, 6.07) is 2.05. The third-order valence-corrected chi connectivity index (χ3v) is 6.21. The molecule has 4 saturated carbocycles. The van der Waals surface area contributed by atoms with Crippen molar-refractivity contribution < 1.29 is 4.79 Å². The molecule has 0 aromatic carbocycles. The molecule has 1 aromatic rings. The fourth-order valence-electron chi connectivity index (χ4n) is 6.02. The van der Waals surface area contributed by atoms with Gasteiger partial charge in [0.1, 0.15) is 5.78 Å². The standard InChI is InChI=1S/C18H26N2O/c1-12-3-16(20(2)19-12)7-17(21)11-18-8-13-4-14(9-18)6-15(5-13)10-18/h3,13-15H,4-11H2,1-2H3. The minimum absolute atomic E-state index is 0.374. The second kappa shape index (κ2) is 4.69. The molecule has 3 nitrogen and oxygen atoms in total. The molecule has 4 aliphatic carbocycles. The van der Waals surface area contributed by atoms with Crippen LogP contribution in [0.5, 0.6) is 0 Å². The van der Waals surface area contributed by atoms with E-state index in [1.165, 1.54) is 38.5 Å². The van der Waals surface area contributed by atoms with Crippen LogP contribution >= 0.6 is 0 Å². The number of Topliss-reactive ketones (excluding diaryl/α,β-unsaturated/α-hetero) is 1. The molecule has 0 N–H and O–H groups in total. The van der Waals surface area contributed by atoms with Crippen LogP contribution in [0.4, 0.5) is 0 Å². The van der Waals surface area contributed by atoms with Crippen LogP contribution in [0, 0.1) is 30.1 Å². The van der Waals surface area contributed by atoms with Gasteiger partial charge in [-0.05, 0) is 74.7 Å². The van der Waals surface area contributed by atoms with Crippen molar-refractivity contribution in [3.05, 3.63) is 17.5 Å². The Morgan fingerprint density at radius 1 is 1.24 bits per heavy atom. The van der Waals surface area contributed by atoms with E-state index in [1.54, 1.807) is 0 Å². The monoisotopic (exact) mass is 286 g/mol. The molecule has 21 heavy (non-hydrogen) atoms. The van der Waals surface area contributed by atoms with E-state index in [4.69, 9.17) is 0 Å². The van der Waals surface area contributed by atoms with Crippen molar-refractivity contribution >= 4 is 5.78 Å². The molecule has 1 aromatic heterocycles. The van der Waals surface area contributed by atoms with Gasteiger partial charge in [-0.3, -0.25) is 9.48 Å². The molecule has 1 heterocycles. The number of aryl methyl sites for hydroxylation is 2. The molecule has 0 unspecified atom stereocenters. The highest BCUT2D eigenvalue weighted by Crippen LogP contribution is 2.61. The Labute approximate surface area is 127 Å². The molecule has 5 rings (SSSR count). The fourth-order valence-corrected chi connectivity index (χ4v) is 6.02. The van der Waals surface area contributed by atoms with Gasteiger partial charge in [0.05, 0.1) is 5.69 Å². The molecule has 0 atom stereocenters. The fraction of sp³-hybridized carbons (Fsp3) is 0.778. The zero-order valence-electron chi connectivity index (χ0n) is 13.3. The topological polar surface area (TPSA) is 34.9 Å². The summed E-state index contributed by atoms with van der Waals surface area (Å²) in [7, 11) is 1.94. The predicted octanol–water partition coefficient (Wildman–Crippen LogP) is 3.45. The first kappa shape index (κ1) is 13.5. The lowest BCUT2D eigenvalue weighted by Gasteiger charge is -2.56. The van der Waals surface area contributed by atoms with Gasteiger partial charge < -0.3 is 0 Å². The van der Waals surface area contributed by atoms with E-state index in [-0.39, 0.29) is 0 Å². The second-order valence-corrected chi connectivity index (χ2v) is 8.21. The van der Waals surface area contributed by atoms with Gasteiger partial charge in [-0.15, -0.1) is 0 Å². The first-order chi connectivity index (χ1) is 10.0. The molecule has 4 fully saturated rings. The van der Waals surface area contributed by atoms with E-state index in [0.717, 1.165) is 35.6 Å². The van der Waals surface area contributed by atoms with Gasteiger partial charge in [-0.2, -0.15) is 5.10 Å². The summed E-state index contributed by atoms with van der Waals surface area (Å²) < 4.78 is 1.87. The Morgan fingerprint density at radius 2 is 1.81 bits per heavy atom. The third-order valence-electron chi connectivity index (χ3n) is 6.21. The predicted molar refractivity (Wildman–Crippen MR) is 81.9 cm³/mol. The van der Waals surface area contributed by atoms with Crippen LogP contribution < -0.4 is 0 Å². The van der Waals surface area contributed by atoms with E-state index in [9.17, 15) is 4.79 Å². The van der Waals surface area contributed by atoms with Gasteiger partial charge in [-0.25, -0.2) is 0 Å². The van der Waals surface area contributed by atoms with Gasteiger partial charge in [0.15, 0.2) is 0 Å². The molecule has 4 aliphatic rings. The molecular weight excluding hydrogens is 260 g/mol. The van der Waals surface area contributed by atoms with Crippen LogP contribution in [0.3, 0.4) is 0 Å². The Balaban J connectivity index is 1.46. The van der Waals surface area contributed by atoms with E-state index in [0.29, 0.717) is 17.6 Å². The number of rotatable bonds is 4. The van der Waals surface area contributed by atoms with Crippen LogP contribution in [-0.2, 0) is 18.3 Å². The summed E-state index contributed by atoms with van der Waals surface area (Å²) in [6.07, 6.45) is 9.73. The van der Waals surface area contributed by atoms with Crippen molar-refractivity contribution in [3.63, 3.8) is 0 Å². The molecule has 3 heteroatoms. The summed E-state index contributed by atoms with van der Waals surface area (Å²) >= 11 is 0. The lowest BCUT2D eigenvalue weighted by atomic mass is 9.48. The minimum atomic E-state index is 0.374. The Hall–Kier alpha value is -1.12. The molecule has 0 radical (unpaired) electrons. The molecule has 4 bridgehead atoms. The Morgan fingerprint density at radius 3 is 2.29 bits per heavy atom. The molecule has 0 amide bonds. The normalized spacial score (nSPS) is 37.1. The largest absolute Gasteiger partial charge is 0.299 e. The first-order valence-electron chi connectivity index (χ1n) is 8.53. The summed E-state index contributed by atoms with van der Waals surface area (Å²) in [6.45, 7) is 1.99. The third kappa shape index (κ3) is 2.45. The number of carbonyl (C=O) groups is 1. The average Bonchev–Trinajstić information content (AvgIpc) is 2.64. The van der Waals surface area contributed by atoms with E-state index in [2.05, 4.69) is 11.2 Å². The highest BCUT2D eigenvalue weighted by molar-refractivity contribution is 5.81.